The van der Waals surface area contributed by atoms with E-state index in [1.807, 2.05) is 38.1 Å². The van der Waals surface area contributed by atoms with Gasteiger partial charge in [-0.1, -0.05) is 29.8 Å². The average Bonchev–Trinajstić information content (AvgIpc) is 2.60. The van der Waals surface area contributed by atoms with Crippen molar-refractivity contribution < 1.29 is 17.9 Å². The maximum Gasteiger partial charge on any atom is 0.243 e. The van der Waals surface area contributed by atoms with Gasteiger partial charge in [-0.05, 0) is 50.6 Å². The zero-order valence-electron chi connectivity index (χ0n) is 16.1. The first-order chi connectivity index (χ1) is 12.7. The number of hydrogen-bond acceptors (Lipinski definition) is 4. The van der Waals surface area contributed by atoms with Gasteiger partial charge in [-0.3, -0.25) is 9.10 Å². The van der Waals surface area contributed by atoms with Gasteiger partial charge in [0.15, 0.2) is 0 Å². The summed E-state index contributed by atoms with van der Waals surface area (Å²) in [6.45, 7) is 6.28. The van der Waals surface area contributed by atoms with E-state index in [1.54, 1.807) is 31.2 Å². The lowest BCUT2D eigenvalue weighted by molar-refractivity contribution is -0.122. The smallest absolute Gasteiger partial charge is 0.243 e. The molecule has 0 aromatic heterocycles. The third-order valence-electron chi connectivity index (χ3n) is 4.04. The Morgan fingerprint density at radius 1 is 1.19 bits per heavy atom. The summed E-state index contributed by atoms with van der Waals surface area (Å²) in [5.74, 6) is 0.280. The highest BCUT2D eigenvalue weighted by atomic mass is 32.2. The Labute approximate surface area is 161 Å². The zero-order chi connectivity index (χ0) is 20.0. The Morgan fingerprint density at radius 2 is 1.85 bits per heavy atom. The predicted octanol–water partition coefficient (Wildman–Crippen LogP) is 2.86. The molecule has 1 amide bonds. The number of rotatable bonds is 8. The van der Waals surface area contributed by atoms with Gasteiger partial charge in [-0.15, -0.1) is 0 Å². The number of carbonyl (C=O) groups is 1. The second kappa shape index (κ2) is 8.90. The minimum atomic E-state index is -3.65. The molecular weight excluding hydrogens is 364 g/mol. The molecule has 0 saturated carbocycles. The van der Waals surface area contributed by atoms with Crippen LogP contribution in [0.5, 0.6) is 5.75 Å². The zero-order valence-corrected chi connectivity index (χ0v) is 16.9. The molecule has 0 bridgehead atoms. The number of nitrogens with one attached hydrogen (secondary N) is 1. The van der Waals surface area contributed by atoms with Crippen molar-refractivity contribution in [2.75, 3.05) is 17.2 Å². The Balaban J connectivity index is 2.16. The molecule has 2 rings (SSSR count). The topological polar surface area (TPSA) is 75.7 Å². The van der Waals surface area contributed by atoms with E-state index in [-0.39, 0.29) is 5.91 Å². The molecule has 0 aliphatic carbocycles. The molecule has 0 aliphatic heterocycles. The molecule has 0 saturated heterocycles. The molecule has 6 nitrogen and oxygen atoms in total. The summed E-state index contributed by atoms with van der Waals surface area (Å²) in [6, 6.07) is 13.6. The average molecular weight is 391 g/mol. The van der Waals surface area contributed by atoms with Crippen molar-refractivity contribution in [3.63, 3.8) is 0 Å². The van der Waals surface area contributed by atoms with E-state index in [1.165, 1.54) is 0 Å². The van der Waals surface area contributed by atoms with E-state index in [9.17, 15) is 13.2 Å². The molecule has 2 aromatic rings. The van der Waals surface area contributed by atoms with E-state index in [2.05, 4.69) is 5.32 Å². The predicted molar refractivity (Wildman–Crippen MR) is 107 cm³/mol. The Morgan fingerprint density at radius 3 is 2.41 bits per heavy atom. The first-order valence-corrected chi connectivity index (χ1v) is 10.6. The Bertz CT molecular complexity index is 879. The van der Waals surface area contributed by atoms with Crippen LogP contribution < -0.4 is 14.4 Å². The molecule has 27 heavy (non-hydrogen) atoms. The molecule has 146 valence electrons. The van der Waals surface area contributed by atoms with Crippen molar-refractivity contribution in [1.29, 1.82) is 0 Å². The number of sulfonamides is 1. The number of anilines is 1. The summed E-state index contributed by atoms with van der Waals surface area (Å²) in [5.41, 5.74) is 2.48. The maximum absolute atomic E-state index is 12.6. The quantitative estimate of drug-likeness (QED) is 0.752. The van der Waals surface area contributed by atoms with Gasteiger partial charge >= 0.3 is 0 Å². The van der Waals surface area contributed by atoms with Gasteiger partial charge in [0.2, 0.25) is 15.9 Å². The van der Waals surface area contributed by atoms with Crippen molar-refractivity contribution >= 4 is 21.6 Å². The number of carbonyl (C=O) groups excluding carboxylic acids is 1. The van der Waals surface area contributed by atoms with Gasteiger partial charge in [0.25, 0.3) is 0 Å². The summed E-state index contributed by atoms with van der Waals surface area (Å²) in [4.78, 5) is 12.6. The van der Waals surface area contributed by atoms with Gasteiger partial charge in [0.05, 0.1) is 18.6 Å². The van der Waals surface area contributed by atoms with Crippen molar-refractivity contribution in [1.82, 2.24) is 5.32 Å². The van der Waals surface area contributed by atoms with Crippen LogP contribution in [0.25, 0.3) is 0 Å². The monoisotopic (exact) mass is 390 g/mol. The van der Waals surface area contributed by atoms with Gasteiger partial charge in [-0.2, -0.15) is 0 Å². The highest BCUT2D eigenvalue weighted by Gasteiger charge is 2.29. The first-order valence-electron chi connectivity index (χ1n) is 8.78. The fourth-order valence-corrected chi connectivity index (χ4v) is 4.00. The van der Waals surface area contributed by atoms with Crippen LogP contribution in [0.15, 0.2) is 48.5 Å². The summed E-state index contributed by atoms with van der Waals surface area (Å²) >= 11 is 0. The van der Waals surface area contributed by atoms with Crippen molar-refractivity contribution in [3.8, 4) is 5.75 Å². The molecule has 2 aromatic carbocycles. The van der Waals surface area contributed by atoms with E-state index < -0.39 is 16.1 Å². The van der Waals surface area contributed by atoms with Gasteiger partial charge in [0.1, 0.15) is 11.8 Å². The molecule has 0 aliphatic rings. The number of aryl methyl sites for hydroxylation is 1. The molecule has 0 radical (unpaired) electrons. The molecule has 7 heteroatoms. The van der Waals surface area contributed by atoms with Crippen molar-refractivity contribution in [2.45, 2.75) is 33.4 Å². The molecule has 1 unspecified atom stereocenters. The van der Waals surface area contributed by atoms with Gasteiger partial charge in [0, 0.05) is 6.54 Å². The van der Waals surface area contributed by atoms with Gasteiger partial charge in [-0.25, -0.2) is 8.42 Å². The van der Waals surface area contributed by atoms with Crippen LogP contribution in [0.4, 0.5) is 5.69 Å². The van der Waals surface area contributed by atoms with Crippen LogP contribution in [-0.4, -0.2) is 33.2 Å². The first kappa shape index (κ1) is 20.8. The highest BCUT2D eigenvalue weighted by Crippen LogP contribution is 2.24. The lowest BCUT2D eigenvalue weighted by Crippen LogP contribution is -2.47. The number of ether oxygens (including phenoxy) is 1. The number of hydrogen-bond donors (Lipinski definition) is 1. The SMILES string of the molecule is CCOc1ccc(N(C(C)C(=O)NCc2cccc(C)c2)S(C)(=O)=O)cc1. The number of nitrogens with zero attached hydrogens (tertiary/aromatic N) is 1. The van der Waals surface area contributed by atoms with Crippen LogP contribution in [-0.2, 0) is 21.4 Å². The molecule has 1 atom stereocenters. The molecule has 0 spiro atoms. The summed E-state index contributed by atoms with van der Waals surface area (Å²) in [6.07, 6.45) is 1.09. The fraction of sp³-hybridized carbons (Fsp3) is 0.350. The van der Waals surface area contributed by atoms with Crippen molar-refractivity contribution in [3.05, 3.63) is 59.7 Å². The van der Waals surface area contributed by atoms with Crippen LogP contribution in [0, 0.1) is 6.92 Å². The maximum atomic E-state index is 12.6. The van der Waals surface area contributed by atoms with E-state index in [0.29, 0.717) is 24.6 Å². The normalized spacial score (nSPS) is 12.3. The van der Waals surface area contributed by atoms with E-state index in [0.717, 1.165) is 21.7 Å². The summed E-state index contributed by atoms with van der Waals surface area (Å²) < 4.78 is 31.1. The molecule has 0 fully saturated rings. The fourth-order valence-electron chi connectivity index (χ4n) is 2.82. The lowest BCUT2D eigenvalue weighted by Gasteiger charge is -2.28. The molecular formula is C20H26N2O4S. The third kappa shape index (κ3) is 5.72. The lowest BCUT2D eigenvalue weighted by atomic mass is 10.1. The molecule has 1 N–H and O–H groups in total. The molecule has 0 heterocycles. The third-order valence-corrected chi connectivity index (χ3v) is 5.28. The van der Waals surface area contributed by atoms with Crippen molar-refractivity contribution in [2.24, 2.45) is 0 Å². The summed E-state index contributed by atoms with van der Waals surface area (Å²) in [7, 11) is -3.65. The second-order valence-corrected chi connectivity index (χ2v) is 8.23. The summed E-state index contributed by atoms with van der Waals surface area (Å²) in [5, 5.41) is 2.81. The highest BCUT2D eigenvalue weighted by molar-refractivity contribution is 7.92. The van der Waals surface area contributed by atoms with Gasteiger partial charge < -0.3 is 10.1 Å². The Hall–Kier alpha value is -2.54. The minimum absolute atomic E-state index is 0.339. The van der Waals surface area contributed by atoms with Crippen LogP contribution in [0.2, 0.25) is 0 Å². The number of benzene rings is 2. The number of amides is 1. The van der Waals surface area contributed by atoms with Crippen LogP contribution in [0.3, 0.4) is 0 Å². The standard InChI is InChI=1S/C20H26N2O4S/c1-5-26-19-11-9-18(10-12-19)22(27(4,24)25)16(3)20(23)21-14-17-8-6-7-15(2)13-17/h6-13,16H,5,14H2,1-4H3,(H,21,23). The second-order valence-electron chi connectivity index (χ2n) is 6.37. The Kier molecular flexibility index (Phi) is 6.85. The minimum Gasteiger partial charge on any atom is -0.494 e. The largest absolute Gasteiger partial charge is 0.494 e. The van der Waals surface area contributed by atoms with E-state index >= 15 is 0 Å². The van der Waals surface area contributed by atoms with Crippen LogP contribution in [0.1, 0.15) is 25.0 Å². The van der Waals surface area contributed by atoms with Crippen LogP contribution >= 0.6 is 0 Å². The van der Waals surface area contributed by atoms with E-state index in [4.69, 9.17) is 4.74 Å².